The normalized spacial score (nSPS) is 9.67. The smallest absolute Gasteiger partial charge is 0.179 e. The highest BCUT2D eigenvalue weighted by Gasteiger charge is 2.19. The van der Waals surface area contributed by atoms with Crippen molar-refractivity contribution in [2.24, 2.45) is 0 Å². The number of phenolic OH excluding ortho intramolecular Hbond substituents is 2. The van der Waals surface area contributed by atoms with E-state index in [0.717, 1.165) is 18.1 Å². The minimum atomic E-state index is -0.600. The average molecular weight is 280 g/mol. The Morgan fingerprint density at radius 1 is 1.10 bits per heavy atom. The van der Waals surface area contributed by atoms with Gasteiger partial charge in [0, 0.05) is 6.07 Å². The summed E-state index contributed by atoms with van der Waals surface area (Å²) in [5, 5.41) is 37.4. The average Bonchev–Trinajstić information content (AvgIpc) is 2.51. The Balaban J connectivity index is 2.50. The molecule has 5 nitrogen and oxygen atoms in total. The van der Waals surface area contributed by atoms with Gasteiger partial charge < -0.3 is 14.9 Å². The van der Waals surface area contributed by atoms with Gasteiger partial charge in [0.05, 0.1) is 5.56 Å². The molecule has 0 bridgehead atoms. The quantitative estimate of drug-likeness (QED) is 0.841. The van der Waals surface area contributed by atoms with E-state index < -0.39 is 11.5 Å². The molecule has 2 aromatic rings. The summed E-state index contributed by atoms with van der Waals surface area (Å²) in [4.78, 5) is 0. The molecule has 21 heavy (non-hydrogen) atoms. The molecular formula is C16H12N2O3. The van der Waals surface area contributed by atoms with Gasteiger partial charge in [-0.2, -0.15) is 10.5 Å². The number of phenols is 2. The van der Waals surface area contributed by atoms with Crippen LogP contribution in [0.5, 0.6) is 23.0 Å². The summed E-state index contributed by atoms with van der Waals surface area (Å²) < 4.78 is 5.54. The molecule has 0 amide bonds. The minimum Gasteiger partial charge on any atom is -0.504 e. The van der Waals surface area contributed by atoms with Crippen LogP contribution in [0.25, 0.3) is 0 Å². The van der Waals surface area contributed by atoms with Crippen LogP contribution in [-0.4, -0.2) is 10.2 Å². The fourth-order valence-corrected chi connectivity index (χ4v) is 1.84. The molecule has 0 fully saturated rings. The van der Waals surface area contributed by atoms with Gasteiger partial charge in [-0.25, -0.2) is 0 Å². The van der Waals surface area contributed by atoms with Crippen molar-refractivity contribution in [2.75, 3.05) is 0 Å². The second-order valence-corrected chi connectivity index (χ2v) is 4.32. The van der Waals surface area contributed by atoms with Gasteiger partial charge in [-0.1, -0.05) is 19.1 Å². The van der Waals surface area contributed by atoms with Crippen LogP contribution in [0.1, 0.15) is 23.6 Å². The highest BCUT2D eigenvalue weighted by molar-refractivity contribution is 5.65. The molecule has 0 saturated carbocycles. The molecule has 0 spiro atoms. The second-order valence-electron chi connectivity index (χ2n) is 4.32. The Kier molecular flexibility index (Phi) is 3.97. The predicted octanol–water partition coefficient (Wildman–Crippen LogP) is 3.20. The lowest BCUT2D eigenvalue weighted by Gasteiger charge is -2.11. The first-order chi connectivity index (χ1) is 10.1. The summed E-state index contributed by atoms with van der Waals surface area (Å²) >= 11 is 0. The molecule has 0 aliphatic heterocycles. The van der Waals surface area contributed by atoms with Crippen molar-refractivity contribution >= 4 is 0 Å². The zero-order valence-corrected chi connectivity index (χ0v) is 11.3. The van der Waals surface area contributed by atoms with Crippen LogP contribution in [0, 0.1) is 22.7 Å². The second kappa shape index (κ2) is 5.85. The molecule has 0 aromatic heterocycles. The van der Waals surface area contributed by atoms with Crippen molar-refractivity contribution < 1.29 is 14.9 Å². The number of hydrogen-bond donors (Lipinski definition) is 2. The first kappa shape index (κ1) is 14.2. The lowest BCUT2D eigenvalue weighted by atomic mass is 10.1. The summed E-state index contributed by atoms with van der Waals surface area (Å²) in [5.74, 6) is -0.765. The third-order valence-electron chi connectivity index (χ3n) is 3.02. The van der Waals surface area contributed by atoms with E-state index in [0.29, 0.717) is 5.75 Å². The van der Waals surface area contributed by atoms with E-state index in [1.54, 1.807) is 18.2 Å². The number of nitriles is 2. The number of nitrogens with zero attached hydrogens (tertiary/aromatic N) is 2. The van der Waals surface area contributed by atoms with Crippen molar-refractivity contribution in [1.82, 2.24) is 0 Å². The van der Waals surface area contributed by atoms with Gasteiger partial charge in [0.15, 0.2) is 17.2 Å². The number of hydrogen-bond acceptors (Lipinski definition) is 5. The van der Waals surface area contributed by atoms with Gasteiger partial charge in [-0.3, -0.25) is 0 Å². The number of aryl methyl sites for hydroxylation is 1. The summed E-state index contributed by atoms with van der Waals surface area (Å²) in [7, 11) is 0. The number of aromatic hydroxyl groups is 2. The van der Waals surface area contributed by atoms with E-state index in [1.165, 1.54) is 0 Å². The van der Waals surface area contributed by atoms with Gasteiger partial charge in [0.1, 0.15) is 23.5 Å². The summed E-state index contributed by atoms with van der Waals surface area (Å²) in [6, 6.07) is 11.8. The van der Waals surface area contributed by atoms with Crippen LogP contribution in [-0.2, 0) is 6.42 Å². The SMILES string of the molecule is CCc1ccc(Oc2c(C#N)cc(O)c(O)c2C#N)cc1. The molecule has 104 valence electrons. The molecular weight excluding hydrogens is 268 g/mol. The largest absolute Gasteiger partial charge is 0.504 e. The minimum absolute atomic E-state index is 0.0265. The maximum absolute atomic E-state index is 9.70. The third kappa shape index (κ3) is 2.72. The van der Waals surface area contributed by atoms with Gasteiger partial charge in [-0.05, 0) is 24.1 Å². The van der Waals surface area contributed by atoms with Crippen LogP contribution in [0.15, 0.2) is 30.3 Å². The lowest BCUT2D eigenvalue weighted by molar-refractivity contribution is 0.395. The zero-order valence-electron chi connectivity index (χ0n) is 11.3. The molecule has 0 aliphatic carbocycles. The van der Waals surface area contributed by atoms with Crippen LogP contribution >= 0.6 is 0 Å². The molecule has 0 radical (unpaired) electrons. The van der Waals surface area contributed by atoms with E-state index in [9.17, 15) is 10.2 Å². The third-order valence-corrected chi connectivity index (χ3v) is 3.02. The predicted molar refractivity (Wildman–Crippen MR) is 75.1 cm³/mol. The van der Waals surface area contributed by atoms with E-state index in [-0.39, 0.29) is 16.9 Å². The number of benzene rings is 2. The van der Waals surface area contributed by atoms with E-state index in [2.05, 4.69) is 0 Å². The zero-order chi connectivity index (χ0) is 15.4. The van der Waals surface area contributed by atoms with Crippen molar-refractivity contribution in [3.05, 3.63) is 47.0 Å². The summed E-state index contributed by atoms with van der Waals surface area (Å²) in [6.07, 6.45) is 0.882. The Bertz CT molecular complexity index is 753. The topological polar surface area (TPSA) is 97.3 Å². The highest BCUT2D eigenvalue weighted by atomic mass is 16.5. The van der Waals surface area contributed by atoms with Crippen LogP contribution in [0.3, 0.4) is 0 Å². The van der Waals surface area contributed by atoms with Gasteiger partial charge in [0.2, 0.25) is 0 Å². The van der Waals surface area contributed by atoms with Crippen LogP contribution in [0.2, 0.25) is 0 Å². The monoisotopic (exact) mass is 280 g/mol. The van der Waals surface area contributed by atoms with Crippen LogP contribution < -0.4 is 4.74 Å². The van der Waals surface area contributed by atoms with E-state index in [4.69, 9.17) is 15.3 Å². The Morgan fingerprint density at radius 2 is 1.76 bits per heavy atom. The highest BCUT2D eigenvalue weighted by Crippen LogP contribution is 2.40. The fourth-order valence-electron chi connectivity index (χ4n) is 1.84. The van der Waals surface area contributed by atoms with Crippen LogP contribution in [0.4, 0.5) is 0 Å². The lowest BCUT2D eigenvalue weighted by Crippen LogP contribution is -1.94. The standard InChI is InChI=1S/C16H12N2O3/c1-2-10-3-5-12(6-4-10)21-16-11(8-17)7-14(19)15(20)13(16)9-18/h3-7,19-20H,2H2,1H3. The van der Waals surface area contributed by atoms with E-state index in [1.807, 2.05) is 25.1 Å². The molecule has 0 unspecified atom stereocenters. The van der Waals surface area contributed by atoms with Gasteiger partial charge in [-0.15, -0.1) is 0 Å². The van der Waals surface area contributed by atoms with E-state index >= 15 is 0 Å². The molecule has 2 rings (SSSR count). The van der Waals surface area contributed by atoms with Crippen molar-refractivity contribution in [1.29, 1.82) is 10.5 Å². The molecule has 0 aliphatic rings. The molecule has 0 atom stereocenters. The Hall–Kier alpha value is -3.18. The number of ether oxygens (including phenoxy) is 1. The molecule has 0 heterocycles. The number of rotatable bonds is 3. The first-order valence-corrected chi connectivity index (χ1v) is 6.26. The molecule has 2 aromatic carbocycles. The molecule has 0 saturated heterocycles. The Morgan fingerprint density at radius 3 is 2.29 bits per heavy atom. The van der Waals surface area contributed by atoms with Crippen molar-refractivity contribution in [3.63, 3.8) is 0 Å². The van der Waals surface area contributed by atoms with Crippen molar-refractivity contribution in [2.45, 2.75) is 13.3 Å². The Labute approximate surface area is 121 Å². The maximum atomic E-state index is 9.70. The molecule has 5 heteroatoms. The first-order valence-electron chi connectivity index (χ1n) is 6.26. The molecule has 2 N–H and O–H groups in total. The van der Waals surface area contributed by atoms with Crippen molar-refractivity contribution in [3.8, 4) is 35.1 Å². The summed E-state index contributed by atoms with van der Waals surface area (Å²) in [5.41, 5.74) is 0.824. The van der Waals surface area contributed by atoms with Gasteiger partial charge in [0.25, 0.3) is 0 Å². The van der Waals surface area contributed by atoms with Gasteiger partial charge >= 0.3 is 0 Å². The summed E-state index contributed by atoms with van der Waals surface area (Å²) in [6.45, 7) is 2.02. The maximum Gasteiger partial charge on any atom is 0.179 e. The fraction of sp³-hybridized carbons (Fsp3) is 0.125.